The maximum absolute atomic E-state index is 13.4. The van der Waals surface area contributed by atoms with Crippen LogP contribution in [-0.4, -0.2) is 41.7 Å². The molecule has 0 heterocycles. The third-order valence-electron chi connectivity index (χ3n) is 6.25. The van der Waals surface area contributed by atoms with Gasteiger partial charge in [0.25, 0.3) is 0 Å². The van der Waals surface area contributed by atoms with E-state index in [0.717, 1.165) is 41.9 Å². The van der Waals surface area contributed by atoms with Crippen molar-refractivity contribution in [2.75, 3.05) is 12.9 Å². The Morgan fingerprint density at radius 1 is 1.09 bits per heavy atom. The molecule has 184 valence electrons. The van der Waals surface area contributed by atoms with Gasteiger partial charge >= 0.3 is 0 Å². The lowest BCUT2D eigenvalue weighted by atomic mass is 9.95. The van der Waals surface area contributed by atoms with E-state index in [1.807, 2.05) is 55.5 Å². The molecule has 2 aromatic rings. The predicted molar refractivity (Wildman–Crippen MR) is 139 cm³/mol. The van der Waals surface area contributed by atoms with Gasteiger partial charge in [0.15, 0.2) is 0 Å². The zero-order chi connectivity index (χ0) is 24.3. The molecule has 0 aromatic heterocycles. The van der Waals surface area contributed by atoms with Crippen LogP contribution in [0.15, 0.2) is 53.4 Å². The van der Waals surface area contributed by atoms with Gasteiger partial charge in [0, 0.05) is 34.7 Å². The molecule has 1 N–H and O–H groups in total. The molecular formula is C27H35ClN2O3S. The minimum Gasteiger partial charge on any atom is -0.497 e. The van der Waals surface area contributed by atoms with Gasteiger partial charge in [-0.3, -0.25) is 9.59 Å². The second-order valence-electron chi connectivity index (χ2n) is 8.69. The van der Waals surface area contributed by atoms with Crippen LogP contribution in [0.25, 0.3) is 0 Å². The summed E-state index contributed by atoms with van der Waals surface area (Å²) in [4.78, 5) is 29.5. The van der Waals surface area contributed by atoms with Gasteiger partial charge < -0.3 is 15.0 Å². The minimum atomic E-state index is -0.489. The fraction of sp³-hybridized carbons (Fsp3) is 0.481. The Morgan fingerprint density at radius 2 is 1.76 bits per heavy atom. The largest absolute Gasteiger partial charge is 0.497 e. The maximum Gasteiger partial charge on any atom is 0.243 e. The minimum absolute atomic E-state index is 0.0112. The number of rotatable bonds is 11. The Kier molecular flexibility index (Phi) is 10.6. The summed E-state index contributed by atoms with van der Waals surface area (Å²) in [6, 6.07) is 15.0. The molecule has 7 heteroatoms. The van der Waals surface area contributed by atoms with Gasteiger partial charge in [0.1, 0.15) is 11.8 Å². The summed E-state index contributed by atoms with van der Waals surface area (Å²) in [7, 11) is 1.63. The zero-order valence-electron chi connectivity index (χ0n) is 20.1. The van der Waals surface area contributed by atoms with Crippen molar-refractivity contribution in [2.24, 2.45) is 0 Å². The van der Waals surface area contributed by atoms with E-state index in [-0.39, 0.29) is 17.9 Å². The molecule has 3 rings (SSSR count). The highest BCUT2D eigenvalue weighted by Gasteiger charge is 2.30. The Balaban J connectivity index is 1.69. The Bertz CT molecular complexity index is 914. The second kappa shape index (κ2) is 13.6. The van der Waals surface area contributed by atoms with Crippen LogP contribution in [-0.2, 0) is 16.1 Å². The molecule has 1 atom stereocenters. The first-order chi connectivity index (χ1) is 16.5. The molecule has 34 heavy (non-hydrogen) atoms. The van der Waals surface area contributed by atoms with Gasteiger partial charge in [-0.25, -0.2) is 0 Å². The lowest BCUT2D eigenvalue weighted by molar-refractivity contribution is -0.141. The number of nitrogens with one attached hydrogen (secondary N) is 1. The number of carbonyl (C=O) groups excluding carboxylic acids is 2. The van der Waals surface area contributed by atoms with E-state index in [1.54, 1.807) is 23.8 Å². The molecule has 0 aliphatic heterocycles. The van der Waals surface area contributed by atoms with Crippen molar-refractivity contribution in [1.29, 1.82) is 0 Å². The Hall–Kier alpha value is -2.18. The number of carbonyl (C=O) groups is 2. The van der Waals surface area contributed by atoms with Crippen LogP contribution < -0.4 is 10.1 Å². The highest BCUT2D eigenvalue weighted by Crippen LogP contribution is 2.23. The average Bonchev–Trinajstić information content (AvgIpc) is 2.86. The van der Waals surface area contributed by atoms with Crippen LogP contribution in [0.1, 0.15) is 57.4 Å². The lowest BCUT2D eigenvalue weighted by Crippen LogP contribution is -2.51. The van der Waals surface area contributed by atoms with Gasteiger partial charge in [0.2, 0.25) is 11.8 Å². The highest BCUT2D eigenvalue weighted by molar-refractivity contribution is 7.99. The van der Waals surface area contributed by atoms with E-state index in [0.29, 0.717) is 30.2 Å². The first-order valence-electron chi connectivity index (χ1n) is 12.1. The molecule has 5 nitrogen and oxygen atoms in total. The zero-order valence-corrected chi connectivity index (χ0v) is 21.7. The van der Waals surface area contributed by atoms with Crippen LogP contribution in [0.4, 0.5) is 0 Å². The molecule has 1 fully saturated rings. The van der Waals surface area contributed by atoms with Crippen LogP contribution in [0.3, 0.4) is 0 Å². The van der Waals surface area contributed by atoms with Crippen LogP contribution in [0.2, 0.25) is 5.02 Å². The first kappa shape index (κ1) is 26.4. The SMILES string of the molecule is CCC(C(=O)NC1CCCCC1)N(Cc1ccc(OC)cc1)C(=O)CCSc1ccc(Cl)cc1. The predicted octanol–water partition coefficient (Wildman–Crippen LogP) is 6.09. The molecule has 0 bridgehead atoms. The number of halogens is 1. The molecule has 1 aliphatic carbocycles. The summed E-state index contributed by atoms with van der Waals surface area (Å²) in [6.45, 7) is 2.37. The van der Waals surface area contributed by atoms with Gasteiger partial charge in [0.05, 0.1) is 7.11 Å². The van der Waals surface area contributed by atoms with Crippen LogP contribution in [0.5, 0.6) is 5.75 Å². The molecule has 0 radical (unpaired) electrons. The van der Waals surface area contributed by atoms with Crippen LogP contribution >= 0.6 is 23.4 Å². The number of ether oxygens (including phenoxy) is 1. The molecule has 1 aliphatic rings. The summed E-state index contributed by atoms with van der Waals surface area (Å²) in [6.07, 6.45) is 6.51. The number of nitrogens with zero attached hydrogens (tertiary/aromatic N) is 1. The normalized spacial score (nSPS) is 14.9. The van der Waals surface area contributed by atoms with Crippen molar-refractivity contribution in [3.05, 3.63) is 59.1 Å². The van der Waals surface area contributed by atoms with Crippen LogP contribution in [0, 0.1) is 0 Å². The summed E-state index contributed by atoms with van der Waals surface area (Å²) in [5.41, 5.74) is 0.975. The fourth-order valence-corrected chi connectivity index (χ4v) is 5.29. The van der Waals surface area contributed by atoms with Crippen molar-refractivity contribution in [3.8, 4) is 5.75 Å². The monoisotopic (exact) mass is 502 g/mol. The van der Waals surface area contributed by atoms with E-state index in [9.17, 15) is 9.59 Å². The lowest BCUT2D eigenvalue weighted by Gasteiger charge is -2.33. The number of methoxy groups -OCH3 is 1. The molecular weight excluding hydrogens is 468 g/mol. The number of thioether (sulfide) groups is 1. The quantitative estimate of drug-likeness (QED) is 0.378. The van der Waals surface area contributed by atoms with E-state index in [4.69, 9.17) is 16.3 Å². The topological polar surface area (TPSA) is 58.6 Å². The van der Waals surface area contributed by atoms with Crippen molar-refractivity contribution in [2.45, 2.75) is 75.4 Å². The number of hydrogen-bond donors (Lipinski definition) is 1. The molecule has 2 amide bonds. The summed E-state index contributed by atoms with van der Waals surface area (Å²) in [5, 5.41) is 3.92. The summed E-state index contributed by atoms with van der Waals surface area (Å²) >= 11 is 7.59. The van der Waals surface area contributed by atoms with E-state index >= 15 is 0 Å². The third kappa shape index (κ3) is 7.95. The number of hydrogen-bond acceptors (Lipinski definition) is 4. The smallest absolute Gasteiger partial charge is 0.243 e. The molecule has 0 saturated heterocycles. The highest BCUT2D eigenvalue weighted by atomic mass is 35.5. The van der Waals surface area contributed by atoms with E-state index < -0.39 is 6.04 Å². The standard InChI is InChI=1S/C27H35ClN2O3S/c1-3-25(27(32)29-22-7-5-4-6-8-22)30(19-20-9-13-23(33-2)14-10-20)26(31)17-18-34-24-15-11-21(28)12-16-24/h9-16,22,25H,3-8,17-19H2,1-2H3,(H,29,32). The van der Waals surface area contributed by atoms with Crippen molar-refractivity contribution in [1.82, 2.24) is 10.2 Å². The molecule has 2 aromatic carbocycles. The summed E-state index contributed by atoms with van der Waals surface area (Å²) in [5.74, 6) is 1.35. The van der Waals surface area contributed by atoms with E-state index in [1.165, 1.54) is 6.42 Å². The molecule has 1 saturated carbocycles. The van der Waals surface area contributed by atoms with Gasteiger partial charge in [-0.1, -0.05) is 49.9 Å². The number of benzene rings is 2. The van der Waals surface area contributed by atoms with Gasteiger partial charge in [-0.15, -0.1) is 11.8 Å². The Labute approximate surface area is 212 Å². The maximum atomic E-state index is 13.4. The van der Waals surface area contributed by atoms with E-state index in [2.05, 4.69) is 5.32 Å². The third-order valence-corrected chi connectivity index (χ3v) is 7.51. The van der Waals surface area contributed by atoms with Gasteiger partial charge in [-0.2, -0.15) is 0 Å². The van der Waals surface area contributed by atoms with Crippen molar-refractivity contribution < 1.29 is 14.3 Å². The molecule has 0 spiro atoms. The fourth-order valence-electron chi connectivity index (χ4n) is 4.32. The second-order valence-corrected chi connectivity index (χ2v) is 10.3. The first-order valence-corrected chi connectivity index (χ1v) is 13.5. The Morgan fingerprint density at radius 3 is 2.38 bits per heavy atom. The summed E-state index contributed by atoms with van der Waals surface area (Å²) < 4.78 is 5.26. The molecule has 1 unspecified atom stereocenters. The van der Waals surface area contributed by atoms with Crippen molar-refractivity contribution >= 4 is 35.2 Å². The number of amides is 2. The van der Waals surface area contributed by atoms with Crippen molar-refractivity contribution in [3.63, 3.8) is 0 Å². The average molecular weight is 503 g/mol. The van der Waals surface area contributed by atoms with Gasteiger partial charge in [-0.05, 0) is 61.2 Å².